The summed E-state index contributed by atoms with van der Waals surface area (Å²) in [5.74, 6) is 1.86. The standard InChI is InChI=1S/C21H28N4O3/c1-15-6-5-11-22-18(15)19(26)25-12-7-16(8-13-25)14-17-23-20(24-28-17)21(27-2)9-3-4-10-21/h5-6,11,16H,3-4,7-10,12-14H2,1-2H3. The van der Waals surface area contributed by atoms with Gasteiger partial charge < -0.3 is 14.2 Å². The minimum absolute atomic E-state index is 0.0277. The fourth-order valence-electron chi connectivity index (χ4n) is 4.43. The van der Waals surface area contributed by atoms with E-state index in [0.29, 0.717) is 23.3 Å². The monoisotopic (exact) mass is 384 g/mol. The van der Waals surface area contributed by atoms with E-state index in [4.69, 9.17) is 9.26 Å². The van der Waals surface area contributed by atoms with Crippen LogP contribution in [0, 0.1) is 12.8 Å². The summed E-state index contributed by atoms with van der Waals surface area (Å²) < 4.78 is 11.3. The zero-order chi connectivity index (χ0) is 19.6. The normalized spacial score (nSPS) is 19.9. The zero-order valence-electron chi connectivity index (χ0n) is 16.7. The fourth-order valence-corrected chi connectivity index (χ4v) is 4.43. The molecule has 1 saturated carbocycles. The van der Waals surface area contributed by atoms with Crippen molar-refractivity contribution in [3.8, 4) is 0 Å². The van der Waals surface area contributed by atoms with Gasteiger partial charge >= 0.3 is 0 Å². The highest BCUT2D eigenvalue weighted by Gasteiger charge is 2.40. The van der Waals surface area contributed by atoms with Crippen molar-refractivity contribution in [2.24, 2.45) is 5.92 Å². The third-order valence-electron chi connectivity index (χ3n) is 6.25. The highest BCUT2D eigenvalue weighted by molar-refractivity contribution is 5.93. The van der Waals surface area contributed by atoms with E-state index in [1.165, 1.54) is 0 Å². The number of amides is 1. The number of rotatable bonds is 5. The van der Waals surface area contributed by atoms with Crippen molar-refractivity contribution in [2.45, 2.75) is 57.5 Å². The Morgan fingerprint density at radius 2 is 2.07 bits per heavy atom. The maximum absolute atomic E-state index is 12.7. The molecule has 1 aliphatic heterocycles. The molecule has 2 fully saturated rings. The van der Waals surface area contributed by atoms with Crippen LogP contribution >= 0.6 is 0 Å². The SMILES string of the molecule is COC1(c2noc(CC3CCN(C(=O)c4ncccc4C)CC3)n2)CCCC1. The van der Waals surface area contributed by atoms with Crippen molar-refractivity contribution in [3.05, 3.63) is 41.3 Å². The van der Waals surface area contributed by atoms with Gasteiger partial charge in [-0.05, 0) is 63.0 Å². The first-order chi connectivity index (χ1) is 13.6. The highest BCUT2D eigenvalue weighted by atomic mass is 16.5. The summed E-state index contributed by atoms with van der Waals surface area (Å²) in [4.78, 5) is 23.5. The van der Waals surface area contributed by atoms with E-state index < -0.39 is 0 Å². The lowest BCUT2D eigenvalue weighted by molar-refractivity contribution is -0.0178. The molecule has 0 radical (unpaired) electrons. The number of hydrogen-bond acceptors (Lipinski definition) is 6. The number of carbonyl (C=O) groups is 1. The van der Waals surface area contributed by atoms with Crippen molar-refractivity contribution in [1.82, 2.24) is 20.0 Å². The molecule has 0 spiro atoms. The lowest BCUT2D eigenvalue weighted by atomic mass is 9.93. The number of nitrogens with zero attached hydrogens (tertiary/aromatic N) is 4. The highest BCUT2D eigenvalue weighted by Crippen LogP contribution is 2.40. The van der Waals surface area contributed by atoms with Crippen LogP contribution in [-0.4, -0.2) is 46.1 Å². The van der Waals surface area contributed by atoms with E-state index in [-0.39, 0.29) is 11.5 Å². The average molecular weight is 384 g/mol. The summed E-state index contributed by atoms with van der Waals surface area (Å²) in [6.07, 6.45) is 8.50. The van der Waals surface area contributed by atoms with E-state index >= 15 is 0 Å². The largest absolute Gasteiger partial charge is 0.370 e. The van der Waals surface area contributed by atoms with Gasteiger partial charge in [-0.1, -0.05) is 11.2 Å². The third-order valence-corrected chi connectivity index (χ3v) is 6.25. The van der Waals surface area contributed by atoms with Crippen molar-refractivity contribution < 1.29 is 14.1 Å². The Kier molecular flexibility index (Phi) is 5.44. The Balaban J connectivity index is 1.34. The van der Waals surface area contributed by atoms with Crippen LogP contribution in [0.3, 0.4) is 0 Å². The minimum Gasteiger partial charge on any atom is -0.370 e. The molecule has 7 nitrogen and oxygen atoms in total. The van der Waals surface area contributed by atoms with E-state index in [1.807, 2.05) is 24.0 Å². The molecule has 0 aromatic carbocycles. The van der Waals surface area contributed by atoms with Gasteiger partial charge in [0.25, 0.3) is 5.91 Å². The van der Waals surface area contributed by atoms with E-state index in [2.05, 4.69) is 15.1 Å². The van der Waals surface area contributed by atoms with E-state index in [0.717, 1.165) is 63.6 Å². The summed E-state index contributed by atoms with van der Waals surface area (Å²) in [5.41, 5.74) is 1.12. The van der Waals surface area contributed by atoms with Crippen molar-refractivity contribution in [3.63, 3.8) is 0 Å². The molecule has 3 heterocycles. The maximum Gasteiger partial charge on any atom is 0.272 e. The van der Waals surface area contributed by atoms with Crippen molar-refractivity contribution in [2.75, 3.05) is 20.2 Å². The van der Waals surface area contributed by atoms with Crippen LogP contribution in [0.5, 0.6) is 0 Å². The summed E-state index contributed by atoms with van der Waals surface area (Å²) in [6.45, 7) is 3.41. The predicted molar refractivity (Wildman–Crippen MR) is 103 cm³/mol. The number of pyridine rings is 1. The second kappa shape index (κ2) is 7.99. The molecule has 1 aliphatic carbocycles. The summed E-state index contributed by atoms with van der Waals surface area (Å²) >= 11 is 0. The quantitative estimate of drug-likeness (QED) is 0.787. The van der Waals surface area contributed by atoms with Crippen molar-refractivity contribution >= 4 is 5.91 Å². The number of carbonyl (C=O) groups excluding carboxylic acids is 1. The molecule has 7 heteroatoms. The molecule has 0 unspecified atom stereocenters. The van der Waals surface area contributed by atoms with Crippen LogP contribution in [0.2, 0.25) is 0 Å². The fraction of sp³-hybridized carbons (Fsp3) is 0.619. The van der Waals surface area contributed by atoms with Crippen LogP contribution in [0.15, 0.2) is 22.9 Å². The number of hydrogen-bond donors (Lipinski definition) is 0. The topological polar surface area (TPSA) is 81.4 Å². The molecule has 2 aliphatic rings. The Hall–Kier alpha value is -2.28. The second-order valence-corrected chi connectivity index (χ2v) is 8.03. The van der Waals surface area contributed by atoms with Gasteiger partial charge in [0, 0.05) is 32.8 Å². The third kappa shape index (κ3) is 3.68. The molecule has 1 saturated heterocycles. The molecule has 28 heavy (non-hydrogen) atoms. The lowest BCUT2D eigenvalue weighted by Crippen LogP contribution is -2.39. The van der Waals surface area contributed by atoms with Crippen molar-refractivity contribution in [1.29, 1.82) is 0 Å². The Morgan fingerprint density at radius 3 is 2.75 bits per heavy atom. The number of aryl methyl sites for hydroxylation is 1. The van der Waals surface area contributed by atoms with Gasteiger partial charge in [0.1, 0.15) is 11.3 Å². The van der Waals surface area contributed by atoms with Crippen LogP contribution in [0.1, 0.15) is 66.3 Å². The average Bonchev–Trinajstić information content (AvgIpc) is 3.39. The minimum atomic E-state index is -0.363. The molecule has 0 atom stereocenters. The van der Waals surface area contributed by atoms with Crippen LogP contribution in [0.4, 0.5) is 0 Å². The molecule has 2 aromatic heterocycles. The molecule has 0 bridgehead atoms. The molecular weight excluding hydrogens is 356 g/mol. The van der Waals surface area contributed by atoms with E-state index in [9.17, 15) is 4.79 Å². The number of methoxy groups -OCH3 is 1. The first-order valence-corrected chi connectivity index (χ1v) is 10.2. The van der Waals surface area contributed by atoms with Gasteiger partial charge in [0.15, 0.2) is 0 Å². The summed E-state index contributed by atoms with van der Waals surface area (Å²) in [6, 6.07) is 3.79. The molecule has 2 aromatic rings. The van der Waals surface area contributed by atoms with Gasteiger partial charge in [0.2, 0.25) is 11.7 Å². The molecular formula is C21H28N4O3. The first kappa shape index (κ1) is 19.1. The predicted octanol–water partition coefficient (Wildman–Crippen LogP) is 3.28. The Morgan fingerprint density at radius 1 is 1.32 bits per heavy atom. The lowest BCUT2D eigenvalue weighted by Gasteiger charge is -2.31. The van der Waals surface area contributed by atoms with Gasteiger partial charge in [0.05, 0.1) is 0 Å². The number of aromatic nitrogens is 3. The first-order valence-electron chi connectivity index (χ1n) is 10.2. The van der Waals surface area contributed by atoms with Crippen LogP contribution in [-0.2, 0) is 16.8 Å². The van der Waals surface area contributed by atoms with Gasteiger partial charge in [-0.3, -0.25) is 9.78 Å². The van der Waals surface area contributed by atoms with Gasteiger partial charge in [-0.2, -0.15) is 4.98 Å². The number of likely N-dealkylation sites (tertiary alicyclic amines) is 1. The molecule has 4 rings (SSSR count). The number of ether oxygens (including phenoxy) is 1. The second-order valence-electron chi connectivity index (χ2n) is 8.03. The molecule has 1 amide bonds. The maximum atomic E-state index is 12.7. The smallest absolute Gasteiger partial charge is 0.272 e. The zero-order valence-corrected chi connectivity index (χ0v) is 16.7. The van der Waals surface area contributed by atoms with E-state index in [1.54, 1.807) is 13.3 Å². The molecule has 150 valence electrons. The Labute approximate surface area is 165 Å². The summed E-state index contributed by atoms with van der Waals surface area (Å²) in [5, 5.41) is 4.22. The van der Waals surface area contributed by atoms with Crippen LogP contribution < -0.4 is 0 Å². The molecule has 0 N–H and O–H groups in total. The van der Waals surface area contributed by atoms with Crippen LogP contribution in [0.25, 0.3) is 0 Å². The summed E-state index contributed by atoms with van der Waals surface area (Å²) in [7, 11) is 1.73. The van der Waals surface area contributed by atoms with Gasteiger partial charge in [-0.25, -0.2) is 0 Å². The Bertz CT molecular complexity index is 821. The van der Waals surface area contributed by atoms with Gasteiger partial charge in [-0.15, -0.1) is 0 Å². The number of piperidine rings is 1.